The Morgan fingerprint density at radius 3 is 1.89 bits per heavy atom. The molecule has 0 radical (unpaired) electrons. The minimum Gasteiger partial charge on any atom is -0.449 e. The van der Waals surface area contributed by atoms with E-state index >= 15 is 8.78 Å². The molecule has 0 saturated heterocycles. The summed E-state index contributed by atoms with van der Waals surface area (Å²) in [7, 11) is 0. The number of ether oxygens (including phenoxy) is 1. The standard InChI is InChI=1S/C27H25F4IN4O/c1-26(2,3)15-10-14(11-16(12-15)27(4,5)6)22-25(32)36(35-34-22)23-18(28)20(30)24(21(31)19(23)29)37-17-8-7-9-33-13-17/h7-13H,1-6H3. The van der Waals surface area contributed by atoms with Gasteiger partial charge in [-0.1, -0.05) is 52.8 Å². The van der Waals surface area contributed by atoms with Crippen molar-refractivity contribution >= 4 is 22.6 Å². The van der Waals surface area contributed by atoms with Crippen LogP contribution in [-0.2, 0) is 10.8 Å². The first kappa shape index (κ1) is 27.0. The van der Waals surface area contributed by atoms with Crippen LogP contribution in [0.1, 0.15) is 52.7 Å². The SMILES string of the molecule is CC(C)(C)c1cc(-c2nnn(-c3c(F)c(F)c(Oc4cccnc4)c(F)c3F)c2I)cc(C(C)(C)C)c1. The summed E-state index contributed by atoms with van der Waals surface area (Å²) in [6.45, 7) is 12.5. The van der Waals surface area contributed by atoms with Crippen LogP contribution >= 0.6 is 22.6 Å². The van der Waals surface area contributed by atoms with Gasteiger partial charge >= 0.3 is 0 Å². The highest BCUT2D eigenvalue weighted by atomic mass is 127. The first-order chi connectivity index (χ1) is 17.2. The van der Waals surface area contributed by atoms with Gasteiger partial charge in [-0.05, 0) is 68.8 Å². The van der Waals surface area contributed by atoms with Gasteiger partial charge in [0.1, 0.15) is 20.8 Å². The second-order valence-corrected chi connectivity index (χ2v) is 11.7. The third kappa shape index (κ3) is 5.21. The van der Waals surface area contributed by atoms with E-state index in [1.54, 1.807) is 0 Å². The van der Waals surface area contributed by atoms with Gasteiger partial charge in [-0.25, -0.2) is 13.5 Å². The average molecular weight is 624 g/mol. The zero-order chi connectivity index (χ0) is 27.3. The number of nitrogens with zero attached hydrogens (tertiary/aromatic N) is 4. The Bertz CT molecular complexity index is 1410. The number of pyridine rings is 1. The van der Waals surface area contributed by atoms with Crippen molar-refractivity contribution < 1.29 is 22.3 Å². The molecule has 0 aliphatic heterocycles. The summed E-state index contributed by atoms with van der Waals surface area (Å²) in [5.41, 5.74) is 1.66. The summed E-state index contributed by atoms with van der Waals surface area (Å²) in [5.74, 6) is -8.02. The third-order valence-electron chi connectivity index (χ3n) is 5.82. The molecule has 0 spiro atoms. The van der Waals surface area contributed by atoms with E-state index in [2.05, 4.69) is 62.9 Å². The molecule has 0 saturated carbocycles. The minimum absolute atomic E-state index is 0.0853. The summed E-state index contributed by atoms with van der Waals surface area (Å²) in [6.07, 6.45) is 2.57. The monoisotopic (exact) mass is 624 g/mol. The Balaban J connectivity index is 1.86. The van der Waals surface area contributed by atoms with Crippen LogP contribution in [0.4, 0.5) is 17.6 Å². The van der Waals surface area contributed by atoms with Crippen LogP contribution in [0.3, 0.4) is 0 Å². The Morgan fingerprint density at radius 2 is 1.41 bits per heavy atom. The van der Waals surface area contributed by atoms with Gasteiger partial charge < -0.3 is 4.74 Å². The summed E-state index contributed by atoms with van der Waals surface area (Å²) in [6, 6.07) is 8.78. The Hall–Kier alpha value is -3.02. The lowest BCUT2D eigenvalue weighted by molar-refractivity contribution is 0.361. The van der Waals surface area contributed by atoms with E-state index < -0.39 is 34.7 Å². The topological polar surface area (TPSA) is 52.8 Å². The lowest BCUT2D eigenvalue weighted by Crippen LogP contribution is -2.16. The molecule has 0 aliphatic carbocycles. The molecule has 0 atom stereocenters. The van der Waals surface area contributed by atoms with Gasteiger partial charge in [-0.2, -0.15) is 8.78 Å². The maximum Gasteiger partial charge on any atom is 0.206 e. The number of rotatable bonds is 4. The van der Waals surface area contributed by atoms with E-state index in [0.29, 0.717) is 11.3 Å². The number of halogens is 5. The van der Waals surface area contributed by atoms with E-state index in [1.165, 1.54) is 18.3 Å². The van der Waals surface area contributed by atoms with Crippen molar-refractivity contribution in [3.63, 3.8) is 0 Å². The number of aromatic nitrogens is 4. The molecule has 0 unspecified atom stereocenters. The second-order valence-electron chi connectivity index (χ2n) is 10.7. The number of hydrogen-bond acceptors (Lipinski definition) is 4. The summed E-state index contributed by atoms with van der Waals surface area (Å²) < 4.78 is 66.1. The molecular weight excluding hydrogens is 599 g/mol. The van der Waals surface area contributed by atoms with E-state index in [4.69, 9.17) is 4.74 Å². The molecule has 0 bridgehead atoms. The van der Waals surface area contributed by atoms with E-state index in [-0.39, 0.29) is 20.3 Å². The quantitative estimate of drug-likeness (QED) is 0.132. The first-order valence-electron chi connectivity index (χ1n) is 11.4. The van der Waals surface area contributed by atoms with Crippen LogP contribution in [0.15, 0.2) is 42.7 Å². The van der Waals surface area contributed by atoms with Crippen molar-refractivity contribution in [1.29, 1.82) is 0 Å². The Kier molecular flexibility index (Phi) is 7.08. The molecule has 37 heavy (non-hydrogen) atoms. The second kappa shape index (κ2) is 9.70. The molecule has 10 heteroatoms. The van der Waals surface area contributed by atoms with Crippen molar-refractivity contribution in [1.82, 2.24) is 20.0 Å². The molecule has 5 nitrogen and oxygen atoms in total. The molecule has 4 rings (SSSR count). The molecule has 0 fully saturated rings. The van der Waals surface area contributed by atoms with Gasteiger partial charge in [-0.3, -0.25) is 4.98 Å². The van der Waals surface area contributed by atoms with Crippen LogP contribution < -0.4 is 4.74 Å². The maximum absolute atomic E-state index is 15.2. The van der Waals surface area contributed by atoms with Crippen molar-refractivity contribution in [3.8, 4) is 28.4 Å². The van der Waals surface area contributed by atoms with Crippen LogP contribution in [-0.4, -0.2) is 20.0 Å². The van der Waals surface area contributed by atoms with Gasteiger partial charge in [0.05, 0.1) is 6.20 Å². The molecule has 194 valence electrons. The Labute approximate surface area is 226 Å². The highest BCUT2D eigenvalue weighted by Crippen LogP contribution is 2.38. The summed E-state index contributed by atoms with van der Waals surface area (Å²) in [4.78, 5) is 3.75. The van der Waals surface area contributed by atoms with Crippen molar-refractivity contribution in [2.75, 3.05) is 0 Å². The van der Waals surface area contributed by atoms with Gasteiger partial charge in [0.2, 0.25) is 17.4 Å². The molecular formula is C27H25F4IN4O. The Morgan fingerprint density at radius 1 is 0.838 bits per heavy atom. The lowest BCUT2D eigenvalue weighted by Gasteiger charge is -2.26. The van der Waals surface area contributed by atoms with Gasteiger partial charge in [0.25, 0.3) is 0 Å². The average Bonchev–Trinajstić information content (AvgIpc) is 3.21. The lowest BCUT2D eigenvalue weighted by atomic mass is 9.79. The van der Waals surface area contributed by atoms with Gasteiger partial charge in [0.15, 0.2) is 11.6 Å². The molecule has 0 amide bonds. The van der Waals surface area contributed by atoms with Gasteiger partial charge in [0, 0.05) is 11.8 Å². The summed E-state index contributed by atoms with van der Waals surface area (Å²) >= 11 is 1.81. The van der Waals surface area contributed by atoms with Crippen LogP contribution in [0.25, 0.3) is 16.9 Å². The zero-order valence-electron chi connectivity index (χ0n) is 21.1. The van der Waals surface area contributed by atoms with E-state index in [1.807, 2.05) is 34.7 Å². The molecule has 0 N–H and O–H groups in total. The highest BCUT2D eigenvalue weighted by molar-refractivity contribution is 14.1. The van der Waals surface area contributed by atoms with E-state index in [9.17, 15) is 8.78 Å². The molecule has 4 aromatic rings. The maximum atomic E-state index is 15.2. The first-order valence-corrected chi connectivity index (χ1v) is 12.5. The number of benzene rings is 2. The number of hydrogen-bond donors (Lipinski definition) is 0. The fraction of sp³-hybridized carbons (Fsp3) is 0.296. The van der Waals surface area contributed by atoms with Crippen LogP contribution in [0.5, 0.6) is 11.5 Å². The molecule has 2 heterocycles. The predicted octanol–water partition coefficient (Wildman–Crippen LogP) is 7.88. The zero-order valence-corrected chi connectivity index (χ0v) is 23.3. The largest absolute Gasteiger partial charge is 0.449 e. The van der Waals surface area contributed by atoms with Crippen molar-refractivity contribution in [3.05, 3.63) is 80.8 Å². The fourth-order valence-electron chi connectivity index (χ4n) is 3.62. The van der Waals surface area contributed by atoms with Crippen molar-refractivity contribution in [2.24, 2.45) is 0 Å². The predicted molar refractivity (Wildman–Crippen MR) is 141 cm³/mol. The molecule has 2 aromatic heterocycles. The minimum atomic E-state index is -1.70. The fourth-order valence-corrected chi connectivity index (χ4v) is 4.38. The third-order valence-corrected chi connectivity index (χ3v) is 6.79. The van der Waals surface area contributed by atoms with Crippen LogP contribution in [0.2, 0.25) is 0 Å². The highest BCUT2D eigenvalue weighted by Gasteiger charge is 2.31. The molecule has 0 aliphatic rings. The van der Waals surface area contributed by atoms with E-state index in [0.717, 1.165) is 22.0 Å². The normalized spacial score (nSPS) is 12.2. The van der Waals surface area contributed by atoms with Crippen LogP contribution in [0, 0.1) is 27.0 Å². The smallest absolute Gasteiger partial charge is 0.206 e. The van der Waals surface area contributed by atoms with Crippen molar-refractivity contribution in [2.45, 2.75) is 52.4 Å². The van der Waals surface area contributed by atoms with Gasteiger partial charge in [-0.15, -0.1) is 5.10 Å². The summed E-state index contributed by atoms with van der Waals surface area (Å²) in [5, 5.41) is 7.99. The molecule has 2 aromatic carbocycles.